The smallest absolute Gasteiger partial charge is 0.435 e. The predicted octanol–water partition coefficient (Wildman–Crippen LogP) is 7.22. The second-order valence-electron chi connectivity index (χ2n) is 13.0. The summed E-state index contributed by atoms with van der Waals surface area (Å²) >= 11 is 0. The molecule has 3 amide bonds. The molecule has 1 unspecified atom stereocenters. The second-order valence-corrected chi connectivity index (χ2v) is 13.0. The van der Waals surface area contributed by atoms with E-state index >= 15 is 0 Å². The van der Waals surface area contributed by atoms with Crippen LogP contribution in [0.15, 0.2) is 78.9 Å². The fourth-order valence-corrected chi connectivity index (χ4v) is 5.15. The standard InChI is InChI=1S/C36H39F3N6O4/c1-22(46)42-27-15-13-25(14-16-27)32(40-20-23-11-12-23)26-8-6-9-28(18-26)43-33(47)30-19-31(36(37,38)39)44-45(30)29-10-5-7-24(17-29)21-41-34(48)49-35(2,3)4/h5-10,13-19,23,32,40H,11-12,20-21H2,1-4H3,(H,41,48)(H,42,46)(H,43,47). The van der Waals surface area contributed by atoms with E-state index in [1.165, 1.54) is 19.1 Å². The molecule has 0 saturated heterocycles. The third kappa shape index (κ3) is 9.92. The second kappa shape index (κ2) is 14.5. The van der Waals surface area contributed by atoms with E-state index in [0.717, 1.165) is 35.2 Å². The minimum absolute atomic E-state index is 0.0381. The molecule has 0 aliphatic heterocycles. The van der Waals surface area contributed by atoms with Gasteiger partial charge in [0.15, 0.2) is 5.69 Å². The van der Waals surface area contributed by atoms with Crippen LogP contribution in [-0.4, -0.2) is 39.8 Å². The van der Waals surface area contributed by atoms with E-state index in [4.69, 9.17) is 4.74 Å². The van der Waals surface area contributed by atoms with Crippen molar-refractivity contribution in [1.29, 1.82) is 0 Å². The van der Waals surface area contributed by atoms with Gasteiger partial charge in [-0.1, -0.05) is 36.4 Å². The van der Waals surface area contributed by atoms with Crippen molar-refractivity contribution in [2.24, 2.45) is 5.92 Å². The van der Waals surface area contributed by atoms with Crippen LogP contribution in [-0.2, 0) is 22.3 Å². The largest absolute Gasteiger partial charge is 0.444 e. The number of alkyl carbamates (subject to hydrolysis) is 1. The number of carbonyl (C=O) groups excluding carboxylic acids is 3. The summed E-state index contributed by atoms with van der Waals surface area (Å²) in [5.74, 6) is -0.385. The van der Waals surface area contributed by atoms with Crippen molar-refractivity contribution in [2.75, 3.05) is 17.2 Å². The first-order valence-electron chi connectivity index (χ1n) is 15.9. The van der Waals surface area contributed by atoms with Crippen LogP contribution in [0.1, 0.15) is 79.5 Å². The molecule has 0 spiro atoms. The van der Waals surface area contributed by atoms with Crippen LogP contribution < -0.4 is 21.3 Å². The molecule has 3 aromatic carbocycles. The summed E-state index contributed by atoms with van der Waals surface area (Å²) < 4.78 is 47.7. The number of hydrogen-bond donors (Lipinski definition) is 4. The predicted molar refractivity (Wildman–Crippen MR) is 179 cm³/mol. The van der Waals surface area contributed by atoms with E-state index in [2.05, 4.69) is 26.4 Å². The minimum Gasteiger partial charge on any atom is -0.444 e. The molecule has 1 aromatic heterocycles. The van der Waals surface area contributed by atoms with Gasteiger partial charge >= 0.3 is 12.3 Å². The highest BCUT2D eigenvalue weighted by atomic mass is 19.4. The van der Waals surface area contributed by atoms with Crippen LogP contribution in [0, 0.1) is 5.92 Å². The molecule has 1 saturated carbocycles. The van der Waals surface area contributed by atoms with Crippen LogP contribution in [0.25, 0.3) is 5.69 Å². The van der Waals surface area contributed by atoms with Gasteiger partial charge in [0.2, 0.25) is 5.91 Å². The molecule has 4 N–H and O–H groups in total. The van der Waals surface area contributed by atoms with Crippen molar-refractivity contribution in [3.05, 3.63) is 107 Å². The van der Waals surface area contributed by atoms with Crippen LogP contribution in [0.5, 0.6) is 0 Å². The number of anilines is 2. The zero-order valence-electron chi connectivity index (χ0n) is 27.6. The van der Waals surface area contributed by atoms with Gasteiger partial charge in [0.05, 0.1) is 11.7 Å². The molecule has 0 bridgehead atoms. The lowest BCUT2D eigenvalue weighted by Gasteiger charge is -2.21. The maximum atomic E-state index is 13.8. The quantitative estimate of drug-likeness (QED) is 0.133. The number of ether oxygens (including phenoxy) is 1. The van der Waals surface area contributed by atoms with Gasteiger partial charge in [-0.3, -0.25) is 9.59 Å². The molecule has 0 radical (unpaired) electrons. The number of carbonyl (C=O) groups is 3. The Balaban J connectivity index is 1.39. The Morgan fingerprint density at radius 2 is 1.61 bits per heavy atom. The number of nitrogens with one attached hydrogen (secondary N) is 4. The first-order chi connectivity index (χ1) is 23.1. The normalized spacial score (nSPS) is 13.8. The van der Waals surface area contributed by atoms with Gasteiger partial charge < -0.3 is 26.0 Å². The number of halogens is 3. The van der Waals surface area contributed by atoms with Crippen molar-refractivity contribution in [3.63, 3.8) is 0 Å². The van der Waals surface area contributed by atoms with E-state index in [-0.39, 0.29) is 29.9 Å². The summed E-state index contributed by atoms with van der Waals surface area (Å²) in [5, 5.41) is 15.5. The number of hydrogen-bond acceptors (Lipinski definition) is 6. The number of rotatable bonds is 11. The van der Waals surface area contributed by atoms with Gasteiger partial charge in [-0.25, -0.2) is 9.48 Å². The van der Waals surface area contributed by atoms with Crippen LogP contribution in [0.2, 0.25) is 0 Å². The van der Waals surface area contributed by atoms with Crippen molar-refractivity contribution in [1.82, 2.24) is 20.4 Å². The van der Waals surface area contributed by atoms with E-state index < -0.39 is 29.5 Å². The maximum absolute atomic E-state index is 13.8. The molecule has 49 heavy (non-hydrogen) atoms. The molecule has 13 heteroatoms. The maximum Gasteiger partial charge on any atom is 0.435 e. The molecule has 1 aliphatic carbocycles. The summed E-state index contributed by atoms with van der Waals surface area (Å²) in [6, 6.07) is 21.4. The third-order valence-corrected chi connectivity index (χ3v) is 7.57. The zero-order valence-corrected chi connectivity index (χ0v) is 27.6. The number of aromatic nitrogens is 2. The van der Waals surface area contributed by atoms with Crippen LogP contribution >= 0.6 is 0 Å². The third-order valence-electron chi connectivity index (χ3n) is 7.57. The molecular formula is C36H39F3N6O4. The van der Waals surface area contributed by atoms with Crippen molar-refractivity contribution in [2.45, 2.75) is 64.9 Å². The van der Waals surface area contributed by atoms with Crippen LogP contribution in [0.4, 0.5) is 29.3 Å². The topological polar surface area (TPSA) is 126 Å². The Hall–Kier alpha value is -5.17. The number of amides is 3. The molecule has 5 rings (SSSR count). The number of alkyl halides is 3. The minimum atomic E-state index is -4.80. The highest BCUT2D eigenvalue weighted by Crippen LogP contribution is 2.32. The van der Waals surface area contributed by atoms with Gasteiger partial charge in [-0.05, 0) is 99.2 Å². The first kappa shape index (κ1) is 35.1. The van der Waals surface area contributed by atoms with E-state index in [0.29, 0.717) is 28.9 Å². The molecule has 4 aromatic rings. The lowest BCUT2D eigenvalue weighted by Crippen LogP contribution is -2.32. The first-order valence-corrected chi connectivity index (χ1v) is 15.9. The van der Waals surface area contributed by atoms with Crippen molar-refractivity contribution >= 4 is 29.3 Å². The summed E-state index contributed by atoms with van der Waals surface area (Å²) in [6.07, 6.45) is -3.15. The summed E-state index contributed by atoms with van der Waals surface area (Å²) in [5.41, 5.74) is 1.32. The Labute approximate surface area is 282 Å². The average molecular weight is 677 g/mol. The van der Waals surface area contributed by atoms with Gasteiger partial charge in [0.1, 0.15) is 11.3 Å². The molecular weight excluding hydrogens is 637 g/mol. The highest BCUT2D eigenvalue weighted by molar-refractivity contribution is 6.03. The van der Waals surface area contributed by atoms with Gasteiger partial charge in [0, 0.05) is 30.9 Å². The number of benzene rings is 3. The molecule has 258 valence electrons. The molecule has 1 aliphatic rings. The molecule has 10 nitrogen and oxygen atoms in total. The van der Waals surface area contributed by atoms with Crippen LogP contribution in [0.3, 0.4) is 0 Å². The summed E-state index contributed by atoms with van der Waals surface area (Å²) in [7, 11) is 0. The van der Waals surface area contributed by atoms with E-state index in [1.807, 2.05) is 30.3 Å². The van der Waals surface area contributed by atoms with Crippen molar-refractivity contribution in [3.8, 4) is 5.69 Å². The Morgan fingerprint density at radius 3 is 2.27 bits per heavy atom. The fraction of sp³-hybridized carbons (Fsp3) is 0.333. The fourth-order valence-electron chi connectivity index (χ4n) is 5.15. The average Bonchev–Trinajstić information content (AvgIpc) is 3.73. The highest BCUT2D eigenvalue weighted by Gasteiger charge is 2.36. The summed E-state index contributed by atoms with van der Waals surface area (Å²) in [6.45, 7) is 7.45. The lowest BCUT2D eigenvalue weighted by atomic mass is 9.97. The Kier molecular flexibility index (Phi) is 10.4. The van der Waals surface area contributed by atoms with Gasteiger partial charge in [-0.15, -0.1) is 0 Å². The molecule has 1 fully saturated rings. The van der Waals surface area contributed by atoms with E-state index in [9.17, 15) is 27.6 Å². The molecule has 1 heterocycles. The Bertz CT molecular complexity index is 1810. The zero-order chi connectivity index (χ0) is 35.3. The molecule has 1 atom stereocenters. The monoisotopic (exact) mass is 676 g/mol. The van der Waals surface area contributed by atoms with E-state index in [1.54, 1.807) is 51.1 Å². The van der Waals surface area contributed by atoms with Gasteiger partial charge in [-0.2, -0.15) is 18.3 Å². The van der Waals surface area contributed by atoms with Gasteiger partial charge in [0.25, 0.3) is 5.91 Å². The van der Waals surface area contributed by atoms with Crippen molar-refractivity contribution < 1.29 is 32.3 Å². The summed E-state index contributed by atoms with van der Waals surface area (Å²) in [4.78, 5) is 37.2. The Morgan fingerprint density at radius 1 is 0.898 bits per heavy atom. The SMILES string of the molecule is CC(=O)Nc1ccc(C(NCC2CC2)c2cccc(NC(=O)c3cc(C(F)(F)F)nn3-c3cccc(CNC(=O)OC(C)(C)C)c3)c2)cc1. The number of nitrogens with zero attached hydrogens (tertiary/aromatic N) is 2. The lowest BCUT2D eigenvalue weighted by molar-refractivity contribution is -0.141.